The van der Waals surface area contributed by atoms with Crippen molar-refractivity contribution >= 4 is 11.7 Å². The zero-order valence-electron chi connectivity index (χ0n) is 16.8. The van der Waals surface area contributed by atoms with Crippen LogP contribution in [0.5, 0.6) is 0 Å². The monoisotopic (exact) mass is 376 g/mol. The van der Waals surface area contributed by atoms with Crippen LogP contribution in [0.25, 0.3) is 0 Å². The van der Waals surface area contributed by atoms with Gasteiger partial charge in [-0.05, 0) is 26.7 Å². The molecule has 2 aliphatic rings. The third kappa shape index (κ3) is 4.94. The Balaban J connectivity index is 1.62. The lowest BCUT2D eigenvalue weighted by molar-refractivity contribution is 0.0361. The van der Waals surface area contributed by atoms with Gasteiger partial charge in [0, 0.05) is 63.6 Å². The van der Waals surface area contributed by atoms with Gasteiger partial charge in [-0.3, -0.25) is 9.69 Å². The Bertz CT molecular complexity index is 662. The molecule has 0 saturated carbocycles. The molecular weight excluding hydrogens is 344 g/mol. The van der Waals surface area contributed by atoms with Gasteiger partial charge >= 0.3 is 0 Å². The van der Waals surface area contributed by atoms with Crippen molar-refractivity contribution in [3.63, 3.8) is 0 Å². The van der Waals surface area contributed by atoms with E-state index in [1.807, 2.05) is 20.9 Å². The van der Waals surface area contributed by atoms with E-state index in [9.17, 15) is 4.79 Å². The van der Waals surface area contributed by atoms with Crippen molar-refractivity contribution in [2.45, 2.75) is 32.7 Å². The molecule has 1 aromatic heterocycles. The number of hydrogen-bond acceptors (Lipinski definition) is 7. The van der Waals surface area contributed by atoms with Crippen LogP contribution < -0.4 is 10.6 Å². The Morgan fingerprint density at radius 3 is 2.67 bits per heavy atom. The van der Waals surface area contributed by atoms with E-state index < -0.39 is 0 Å². The molecule has 0 aliphatic carbocycles. The zero-order chi connectivity index (χ0) is 19.4. The van der Waals surface area contributed by atoms with E-state index in [0.717, 1.165) is 75.9 Å². The van der Waals surface area contributed by atoms with Gasteiger partial charge in [0.25, 0.3) is 5.91 Å². The molecule has 27 heavy (non-hydrogen) atoms. The van der Waals surface area contributed by atoms with E-state index in [4.69, 9.17) is 10.5 Å². The molecule has 0 unspecified atom stereocenters. The quantitative estimate of drug-likeness (QED) is 0.770. The predicted molar refractivity (Wildman–Crippen MR) is 105 cm³/mol. The Morgan fingerprint density at radius 2 is 2.00 bits per heavy atom. The summed E-state index contributed by atoms with van der Waals surface area (Å²) in [4.78, 5) is 28.2. The van der Waals surface area contributed by atoms with E-state index >= 15 is 0 Å². The van der Waals surface area contributed by atoms with E-state index in [1.54, 1.807) is 4.90 Å². The average Bonchev–Trinajstić information content (AvgIpc) is 3.10. The van der Waals surface area contributed by atoms with Crippen molar-refractivity contribution < 1.29 is 9.53 Å². The number of aromatic nitrogens is 2. The maximum atomic E-state index is 12.8. The van der Waals surface area contributed by atoms with E-state index in [1.165, 1.54) is 0 Å². The van der Waals surface area contributed by atoms with Gasteiger partial charge < -0.3 is 20.3 Å². The summed E-state index contributed by atoms with van der Waals surface area (Å²) >= 11 is 0. The number of nitrogens with zero attached hydrogens (tertiary/aromatic N) is 5. The molecule has 2 N–H and O–H groups in total. The largest absolute Gasteiger partial charge is 0.379 e. The van der Waals surface area contributed by atoms with Crippen LogP contribution in [0.3, 0.4) is 0 Å². The highest BCUT2D eigenvalue weighted by molar-refractivity contribution is 5.90. The summed E-state index contributed by atoms with van der Waals surface area (Å²) in [6.45, 7) is 10.8. The van der Waals surface area contributed by atoms with Crippen molar-refractivity contribution in [3.05, 3.63) is 17.1 Å². The Hall–Kier alpha value is -1.77. The summed E-state index contributed by atoms with van der Waals surface area (Å²) in [7, 11) is 1.83. The highest BCUT2D eigenvalue weighted by atomic mass is 16.5. The van der Waals surface area contributed by atoms with Gasteiger partial charge in [-0.25, -0.2) is 9.97 Å². The lowest BCUT2D eigenvalue weighted by Gasteiger charge is -2.27. The molecule has 1 aromatic rings. The van der Waals surface area contributed by atoms with Crippen molar-refractivity contribution in [3.8, 4) is 0 Å². The van der Waals surface area contributed by atoms with Gasteiger partial charge in [0.15, 0.2) is 0 Å². The zero-order valence-corrected chi connectivity index (χ0v) is 16.8. The number of nitrogens with two attached hydrogens (primary N) is 1. The first kappa shape index (κ1) is 20.0. The highest BCUT2D eigenvalue weighted by Gasteiger charge is 2.25. The molecule has 8 nitrogen and oxygen atoms in total. The molecule has 2 saturated heterocycles. The van der Waals surface area contributed by atoms with E-state index in [2.05, 4.69) is 19.8 Å². The Kier molecular flexibility index (Phi) is 6.62. The molecule has 0 aromatic carbocycles. The molecule has 0 spiro atoms. The predicted octanol–water partition coefficient (Wildman–Crippen LogP) is 0.425. The van der Waals surface area contributed by atoms with Crippen LogP contribution in [0.2, 0.25) is 0 Å². The van der Waals surface area contributed by atoms with Crippen molar-refractivity contribution in [1.29, 1.82) is 0 Å². The third-order valence-electron chi connectivity index (χ3n) is 5.50. The van der Waals surface area contributed by atoms with Gasteiger partial charge in [-0.15, -0.1) is 0 Å². The molecule has 2 aliphatic heterocycles. The molecule has 2 fully saturated rings. The third-order valence-corrected chi connectivity index (χ3v) is 5.50. The molecule has 0 bridgehead atoms. The highest BCUT2D eigenvalue weighted by Crippen LogP contribution is 2.23. The lowest BCUT2D eigenvalue weighted by atomic mass is 10.2. The second-order valence-electron chi connectivity index (χ2n) is 7.61. The van der Waals surface area contributed by atoms with Gasteiger partial charge in [0.2, 0.25) is 5.82 Å². The van der Waals surface area contributed by atoms with Crippen molar-refractivity contribution in [2.75, 3.05) is 64.4 Å². The Morgan fingerprint density at radius 1 is 1.26 bits per heavy atom. The number of amides is 1. The first-order chi connectivity index (χ1) is 13.0. The van der Waals surface area contributed by atoms with Crippen LogP contribution in [0, 0.1) is 13.8 Å². The smallest absolute Gasteiger partial charge is 0.291 e. The minimum Gasteiger partial charge on any atom is -0.379 e. The maximum absolute atomic E-state index is 12.8. The second kappa shape index (κ2) is 8.95. The molecule has 1 amide bonds. The number of aryl methyl sites for hydroxylation is 1. The number of carbonyl (C=O) groups excluding carboxylic acids is 1. The van der Waals surface area contributed by atoms with E-state index in [-0.39, 0.29) is 17.8 Å². The van der Waals surface area contributed by atoms with Gasteiger partial charge in [-0.2, -0.15) is 0 Å². The van der Waals surface area contributed by atoms with Crippen LogP contribution in [0.15, 0.2) is 0 Å². The molecule has 0 radical (unpaired) electrons. The fourth-order valence-electron chi connectivity index (χ4n) is 3.63. The van der Waals surface area contributed by atoms with E-state index in [0.29, 0.717) is 6.54 Å². The first-order valence-electron chi connectivity index (χ1n) is 9.87. The average molecular weight is 377 g/mol. The summed E-state index contributed by atoms with van der Waals surface area (Å²) in [6.07, 6.45) is 1.88. The van der Waals surface area contributed by atoms with Crippen LogP contribution in [-0.2, 0) is 4.74 Å². The van der Waals surface area contributed by atoms with Gasteiger partial charge in [0.1, 0.15) is 5.82 Å². The summed E-state index contributed by atoms with van der Waals surface area (Å²) in [5.74, 6) is 1.01. The summed E-state index contributed by atoms with van der Waals surface area (Å²) < 4.78 is 5.37. The summed E-state index contributed by atoms with van der Waals surface area (Å²) in [6, 6.07) is 0.168. The maximum Gasteiger partial charge on any atom is 0.291 e. The number of anilines is 1. The lowest BCUT2D eigenvalue weighted by Crippen LogP contribution is -2.38. The molecule has 3 rings (SSSR count). The molecule has 150 valence electrons. The van der Waals surface area contributed by atoms with Crippen molar-refractivity contribution in [2.24, 2.45) is 5.73 Å². The van der Waals surface area contributed by atoms with Crippen molar-refractivity contribution in [1.82, 2.24) is 19.8 Å². The fraction of sp³-hybridized carbons (Fsp3) is 0.737. The normalized spacial score (nSPS) is 20.9. The van der Waals surface area contributed by atoms with Crippen LogP contribution >= 0.6 is 0 Å². The molecular formula is C19H32N6O2. The van der Waals surface area contributed by atoms with Crippen LogP contribution in [-0.4, -0.2) is 91.2 Å². The second-order valence-corrected chi connectivity index (χ2v) is 7.61. The molecule has 3 heterocycles. The SMILES string of the molecule is Cc1nc(C(=O)N(C)CCCN2CCOCC2)nc(N2CC[C@@H](N)C2)c1C. The van der Waals surface area contributed by atoms with Gasteiger partial charge in [0.05, 0.1) is 13.2 Å². The molecule has 1 atom stereocenters. The number of hydrogen-bond donors (Lipinski definition) is 1. The van der Waals surface area contributed by atoms with Gasteiger partial charge in [-0.1, -0.05) is 0 Å². The number of ether oxygens (including phenoxy) is 1. The number of morpholine rings is 1. The minimum absolute atomic E-state index is 0.121. The molecule has 8 heteroatoms. The topological polar surface area (TPSA) is 87.8 Å². The number of rotatable bonds is 6. The number of carbonyl (C=O) groups is 1. The first-order valence-corrected chi connectivity index (χ1v) is 9.87. The standard InChI is InChI=1S/C19H32N6O2/c1-14-15(2)21-17(22-18(14)25-8-5-16(20)13-25)19(26)23(3)6-4-7-24-9-11-27-12-10-24/h16H,4-13,20H2,1-3H3/t16-/m1/s1. The fourth-order valence-corrected chi connectivity index (χ4v) is 3.63. The summed E-state index contributed by atoms with van der Waals surface area (Å²) in [5.41, 5.74) is 7.92. The Labute approximate surface area is 161 Å². The minimum atomic E-state index is -0.121. The van der Waals surface area contributed by atoms with Crippen LogP contribution in [0.1, 0.15) is 34.7 Å². The van der Waals surface area contributed by atoms with Crippen LogP contribution in [0.4, 0.5) is 5.82 Å². The summed E-state index contributed by atoms with van der Waals surface area (Å²) in [5, 5.41) is 0.